The van der Waals surface area contributed by atoms with Crippen LogP contribution in [-0.2, 0) is 0 Å². The highest BCUT2D eigenvalue weighted by Gasteiger charge is 2.16. The van der Waals surface area contributed by atoms with Crippen LogP contribution >= 0.6 is 11.3 Å². The first-order chi connectivity index (χ1) is 10.1. The summed E-state index contributed by atoms with van der Waals surface area (Å²) in [5.41, 5.74) is 2.65. The molecule has 21 heavy (non-hydrogen) atoms. The van der Waals surface area contributed by atoms with E-state index in [0.29, 0.717) is 0 Å². The van der Waals surface area contributed by atoms with Crippen molar-refractivity contribution >= 4 is 11.3 Å². The number of aryl methyl sites for hydroxylation is 1. The van der Waals surface area contributed by atoms with Gasteiger partial charge in [0.1, 0.15) is 5.75 Å². The van der Waals surface area contributed by atoms with E-state index in [1.54, 1.807) is 0 Å². The molecule has 3 heteroatoms. The fourth-order valence-corrected chi connectivity index (χ4v) is 3.37. The molecule has 0 spiro atoms. The largest absolute Gasteiger partial charge is 0.491 e. The molecule has 1 unspecified atom stereocenters. The summed E-state index contributed by atoms with van der Waals surface area (Å²) in [6, 6.07) is 10.9. The molecule has 0 saturated carbocycles. The van der Waals surface area contributed by atoms with E-state index in [2.05, 4.69) is 68.7 Å². The highest BCUT2D eigenvalue weighted by atomic mass is 32.1. The van der Waals surface area contributed by atoms with Crippen LogP contribution in [0.4, 0.5) is 0 Å². The van der Waals surface area contributed by atoms with Crippen molar-refractivity contribution in [1.29, 1.82) is 0 Å². The summed E-state index contributed by atoms with van der Waals surface area (Å²) in [5, 5.41) is 5.83. The lowest BCUT2D eigenvalue weighted by atomic mass is 10.0. The molecule has 0 bridgehead atoms. The number of hydrogen-bond donors (Lipinski definition) is 1. The molecule has 1 aromatic carbocycles. The molecule has 0 saturated heterocycles. The molecule has 2 nitrogen and oxygen atoms in total. The van der Waals surface area contributed by atoms with Crippen LogP contribution in [0.15, 0.2) is 35.7 Å². The number of hydrogen-bond acceptors (Lipinski definition) is 3. The molecule has 0 radical (unpaired) electrons. The molecule has 1 heterocycles. The van der Waals surface area contributed by atoms with Crippen molar-refractivity contribution < 1.29 is 4.74 Å². The average Bonchev–Trinajstić information content (AvgIpc) is 2.87. The highest BCUT2D eigenvalue weighted by molar-refractivity contribution is 7.10. The first-order valence-corrected chi connectivity index (χ1v) is 8.53. The Labute approximate surface area is 132 Å². The van der Waals surface area contributed by atoms with Gasteiger partial charge in [0.2, 0.25) is 0 Å². The maximum atomic E-state index is 5.73. The Morgan fingerprint density at radius 1 is 1.14 bits per heavy atom. The molecule has 2 aromatic rings. The van der Waals surface area contributed by atoms with Crippen molar-refractivity contribution in [2.45, 2.75) is 46.3 Å². The van der Waals surface area contributed by atoms with Gasteiger partial charge in [0.15, 0.2) is 0 Å². The van der Waals surface area contributed by atoms with Gasteiger partial charge in [-0.05, 0) is 68.4 Å². The molecule has 0 amide bonds. The summed E-state index contributed by atoms with van der Waals surface area (Å²) in [4.78, 5) is 1.40. The Hall–Kier alpha value is -1.32. The van der Waals surface area contributed by atoms with E-state index in [1.165, 1.54) is 16.0 Å². The molecule has 0 aliphatic carbocycles. The van der Waals surface area contributed by atoms with Crippen LogP contribution in [0.1, 0.15) is 49.2 Å². The van der Waals surface area contributed by atoms with Crippen molar-refractivity contribution in [3.8, 4) is 5.75 Å². The van der Waals surface area contributed by atoms with Gasteiger partial charge < -0.3 is 10.1 Å². The Balaban J connectivity index is 2.22. The second-order valence-electron chi connectivity index (χ2n) is 5.59. The van der Waals surface area contributed by atoms with Gasteiger partial charge in [0.25, 0.3) is 0 Å². The van der Waals surface area contributed by atoms with Crippen LogP contribution < -0.4 is 10.1 Å². The zero-order valence-electron chi connectivity index (χ0n) is 13.3. The second-order valence-corrected chi connectivity index (χ2v) is 6.54. The van der Waals surface area contributed by atoms with E-state index in [9.17, 15) is 0 Å². The van der Waals surface area contributed by atoms with Crippen molar-refractivity contribution in [3.63, 3.8) is 0 Å². The summed E-state index contributed by atoms with van der Waals surface area (Å²) in [7, 11) is 0. The van der Waals surface area contributed by atoms with Crippen LogP contribution in [0.5, 0.6) is 5.75 Å². The van der Waals surface area contributed by atoms with Gasteiger partial charge in [-0.2, -0.15) is 0 Å². The third-order valence-electron chi connectivity index (χ3n) is 3.35. The number of benzene rings is 1. The fraction of sp³-hybridized carbons (Fsp3) is 0.444. The van der Waals surface area contributed by atoms with E-state index in [1.807, 2.05) is 11.3 Å². The maximum absolute atomic E-state index is 5.73. The van der Waals surface area contributed by atoms with E-state index in [4.69, 9.17) is 4.74 Å². The topological polar surface area (TPSA) is 21.3 Å². The molecular formula is C18H25NOS. The van der Waals surface area contributed by atoms with Gasteiger partial charge in [-0.15, -0.1) is 11.3 Å². The van der Waals surface area contributed by atoms with Gasteiger partial charge in [0.05, 0.1) is 12.1 Å². The summed E-state index contributed by atoms with van der Waals surface area (Å²) in [6.45, 7) is 9.50. The van der Waals surface area contributed by atoms with Crippen LogP contribution in [0, 0.1) is 6.92 Å². The van der Waals surface area contributed by atoms with Crippen molar-refractivity contribution in [2.75, 3.05) is 6.54 Å². The first-order valence-electron chi connectivity index (χ1n) is 7.65. The normalized spacial score (nSPS) is 12.6. The minimum atomic E-state index is 0.212. The Morgan fingerprint density at radius 2 is 1.86 bits per heavy atom. The summed E-state index contributed by atoms with van der Waals surface area (Å²) in [6.07, 6.45) is 1.35. The number of ether oxygens (including phenoxy) is 1. The van der Waals surface area contributed by atoms with Crippen LogP contribution in [-0.4, -0.2) is 12.6 Å². The highest BCUT2D eigenvalue weighted by Crippen LogP contribution is 2.30. The van der Waals surface area contributed by atoms with E-state index in [-0.39, 0.29) is 12.1 Å². The fourth-order valence-electron chi connectivity index (χ4n) is 2.34. The van der Waals surface area contributed by atoms with E-state index >= 15 is 0 Å². The Morgan fingerprint density at radius 3 is 2.38 bits per heavy atom. The zero-order chi connectivity index (χ0) is 15.2. The molecule has 0 fully saturated rings. The van der Waals surface area contributed by atoms with Gasteiger partial charge in [0, 0.05) is 4.88 Å². The minimum absolute atomic E-state index is 0.212. The third kappa shape index (κ3) is 4.32. The van der Waals surface area contributed by atoms with Crippen molar-refractivity contribution in [2.24, 2.45) is 0 Å². The molecule has 1 aromatic heterocycles. The standard InChI is InChI=1S/C18H25NOS/c1-5-11-19-17(18-14(4)10-12-21-18)15-6-8-16(9-7-15)20-13(2)3/h6-10,12-13,17,19H,5,11H2,1-4H3. The lowest BCUT2D eigenvalue weighted by Crippen LogP contribution is -2.23. The smallest absolute Gasteiger partial charge is 0.119 e. The maximum Gasteiger partial charge on any atom is 0.119 e. The van der Waals surface area contributed by atoms with Gasteiger partial charge >= 0.3 is 0 Å². The number of nitrogens with one attached hydrogen (secondary N) is 1. The van der Waals surface area contributed by atoms with Gasteiger partial charge in [-0.25, -0.2) is 0 Å². The molecule has 0 aliphatic heterocycles. The van der Waals surface area contributed by atoms with Crippen molar-refractivity contribution in [1.82, 2.24) is 5.32 Å². The SMILES string of the molecule is CCCNC(c1ccc(OC(C)C)cc1)c1sccc1C. The predicted molar refractivity (Wildman–Crippen MR) is 91.4 cm³/mol. The van der Waals surface area contributed by atoms with Gasteiger partial charge in [-0.1, -0.05) is 19.1 Å². The quantitative estimate of drug-likeness (QED) is 0.783. The van der Waals surface area contributed by atoms with Gasteiger partial charge in [-0.3, -0.25) is 0 Å². The summed E-state index contributed by atoms with van der Waals surface area (Å²) >= 11 is 1.82. The Bertz CT molecular complexity index is 545. The zero-order valence-corrected chi connectivity index (χ0v) is 14.2. The third-order valence-corrected chi connectivity index (χ3v) is 4.43. The Kier molecular flexibility index (Phi) is 5.83. The summed E-state index contributed by atoms with van der Waals surface area (Å²) < 4.78 is 5.73. The molecular weight excluding hydrogens is 278 g/mol. The lowest BCUT2D eigenvalue weighted by Gasteiger charge is -2.19. The molecule has 114 valence electrons. The van der Waals surface area contributed by atoms with Crippen LogP contribution in [0.25, 0.3) is 0 Å². The summed E-state index contributed by atoms with van der Waals surface area (Å²) in [5.74, 6) is 0.936. The minimum Gasteiger partial charge on any atom is -0.491 e. The molecule has 2 rings (SSSR count). The van der Waals surface area contributed by atoms with Crippen LogP contribution in [0.3, 0.4) is 0 Å². The molecule has 1 N–H and O–H groups in total. The number of thiophene rings is 1. The van der Waals surface area contributed by atoms with Crippen LogP contribution in [0.2, 0.25) is 0 Å². The first kappa shape index (κ1) is 16.1. The number of rotatable bonds is 7. The molecule has 0 aliphatic rings. The monoisotopic (exact) mass is 303 g/mol. The lowest BCUT2D eigenvalue weighted by molar-refractivity contribution is 0.242. The van der Waals surface area contributed by atoms with Crippen molar-refractivity contribution in [3.05, 3.63) is 51.7 Å². The van der Waals surface area contributed by atoms with E-state index < -0.39 is 0 Å². The average molecular weight is 303 g/mol. The second kappa shape index (κ2) is 7.62. The van der Waals surface area contributed by atoms with E-state index in [0.717, 1.165) is 18.7 Å². The predicted octanol–water partition coefficient (Wildman–Crippen LogP) is 4.93. The molecule has 1 atom stereocenters.